The highest BCUT2D eigenvalue weighted by Gasteiger charge is 2.22. The molecule has 1 aliphatic heterocycles. The fourth-order valence-corrected chi connectivity index (χ4v) is 3.31. The third-order valence-corrected chi connectivity index (χ3v) is 4.45. The molecule has 130 valence electrons. The van der Waals surface area contributed by atoms with Gasteiger partial charge in [0.05, 0.1) is 6.20 Å². The standard InChI is InChI=1S/C21H17N2O2.ClH/c1-2-6-17(7-3-1)23-18(15-22-11-5-4-8-21(22)23)16-9-10-19-20(14-16)25-13-12-24-19;/h1-11,14-15H,12-13H2;1H/q+1;/p-1. The second-order valence-electron chi connectivity index (χ2n) is 6.01. The fraction of sp³-hybridized carbons (Fsp3) is 0.0952. The Hall–Kier alpha value is -2.98. The maximum atomic E-state index is 5.76. The third-order valence-electron chi connectivity index (χ3n) is 4.45. The predicted molar refractivity (Wildman–Crippen MR) is 95.4 cm³/mol. The molecule has 0 atom stereocenters. The lowest BCUT2D eigenvalue weighted by molar-refractivity contribution is -0.510. The second kappa shape index (κ2) is 6.73. The Labute approximate surface area is 157 Å². The van der Waals surface area contributed by atoms with Crippen LogP contribution in [0.1, 0.15) is 0 Å². The first-order valence-corrected chi connectivity index (χ1v) is 8.37. The van der Waals surface area contributed by atoms with Crippen LogP contribution in [0.5, 0.6) is 11.5 Å². The quantitative estimate of drug-likeness (QED) is 0.489. The minimum atomic E-state index is 0. The molecule has 0 spiro atoms. The Bertz CT molecular complexity index is 1060. The number of hydrogen-bond donors (Lipinski definition) is 0. The number of fused-ring (bicyclic) bond motifs is 2. The summed E-state index contributed by atoms with van der Waals surface area (Å²) in [6.07, 6.45) is 4.21. The fourth-order valence-electron chi connectivity index (χ4n) is 3.31. The summed E-state index contributed by atoms with van der Waals surface area (Å²) < 4.78 is 15.8. The third kappa shape index (κ3) is 2.68. The number of nitrogens with zero attached hydrogens (tertiary/aromatic N) is 2. The zero-order valence-corrected chi connectivity index (χ0v) is 14.8. The molecule has 4 aromatic rings. The number of benzene rings is 2. The molecule has 5 rings (SSSR count). The monoisotopic (exact) mass is 364 g/mol. The molecule has 2 aromatic heterocycles. The van der Waals surface area contributed by atoms with E-state index in [0.29, 0.717) is 13.2 Å². The minimum Gasteiger partial charge on any atom is -1.00 e. The van der Waals surface area contributed by atoms with Gasteiger partial charge < -0.3 is 21.9 Å². The van der Waals surface area contributed by atoms with E-state index in [1.807, 2.05) is 18.2 Å². The number of para-hydroxylation sites is 1. The molecule has 1 aliphatic rings. The Kier molecular flexibility index (Phi) is 4.27. The summed E-state index contributed by atoms with van der Waals surface area (Å²) in [7, 11) is 0. The van der Waals surface area contributed by atoms with E-state index in [9.17, 15) is 0 Å². The van der Waals surface area contributed by atoms with Gasteiger partial charge in [0.1, 0.15) is 25.1 Å². The first-order chi connectivity index (χ1) is 12.4. The SMILES string of the molecule is [Cl-].c1ccc(-n2c(-c3ccc4c(c3)OCCO4)c[n+]3ccccc23)cc1. The molecule has 4 nitrogen and oxygen atoms in total. The van der Waals surface area contributed by atoms with E-state index < -0.39 is 0 Å². The van der Waals surface area contributed by atoms with Crippen molar-refractivity contribution >= 4 is 5.65 Å². The van der Waals surface area contributed by atoms with E-state index in [-0.39, 0.29) is 12.4 Å². The zero-order chi connectivity index (χ0) is 16.6. The largest absolute Gasteiger partial charge is 1.00 e. The van der Waals surface area contributed by atoms with Crippen LogP contribution in [0.15, 0.2) is 79.1 Å². The number of rotatable bonds is 2. The summed E-state index contributed by atoms with van der Waals surface area (Å²) in [4.78, 5) is 0. The normalized spacial score (nSPS) is 12.6. The Balaban J connectivity index is 0.00000168. The van der Waals surface area contributed by atoms with Gasteiger partial charge in [-0.1, -0.05) is 24.3 Å². The summed E-state index contributed by atoms with van der Waals surface area (Å²) in [6.45, 7) is 1.19. The van der Waals surface area contributed by atoms with E-state index in [1.54, 1.807) is 0 Å². The maximum Gasteiger partial charge on any atom is 0.291 e. The van der Waals surface area contributed by atoms with Gasteiger partial charge in [0.25, 0.3) is 5.65 Å². The van der Waals surface area contributed by atoms with Gasteiger partial charge in [-0.15, -0.1) is 0 Å². The summed E-state index contributed by atoms with van der Waals surface area (Å²) in [5.74, 6) is 1.61. The van der Waals surface area contributed by atoms with Crippen molar-refractivity contribution in [2.24, 2.45) is 0 Å². The van der Waals surface area contributed by atoms with E-state index in [4.69, 9.17) is 9.47 Å². The number of ether oxygens (including phenoxy) is 2. The number of aromatic nitrogens is 2. The van der Waals surface area contributed by atoms with Gasteiger partial charge >= 0.3 is 0 Å². The van der Waals surface area contributed by atoms with Crippen molar-refractivity contribution in [1.82, 2.24) is 4.57 Å². The molecule has 26 heavy (non-hydrogen) atoms. The number of pyridine rings is 1. The summed E-state index contributed by atoms with van der Waals surface area (Å²) in [5.41, 5.74) is 4.44. The lowest BCUT2D eigenvalue weighted by atomic mass is 10.1. The van der Waals surface area contributed by atoms with Crippen LogP contribution in [0, 0.1) is 0 Å². The van der Waals surface area contributed by atoms with Crippen LogP contribution >= 0.6 is 0 Å². The summed E-state index contributed by atoms with van der Waals surface area (Å²) in [6, 6.07) is 22.7. The van der Waals surface area contributed by atoms with Gasteiger partial charge in [-0.2, -0.15) is 4.57 Å². The molecule has 0 unspecified atom stereocenters. The molecule has 0 bridgehead atoms. The van der Waals surface area contributed by atoms with Crippen molar-refractivity contribution in [3.8, 4) is 28.4 Å². The number of halogens is 1. The van der Waals surface area contributed by atoms with Crippen molar-refractivity contribution in [1.29, 1.82) is 0 Å². The molecule has 0 N–H and O–H groups in total. The molecule has 5 heteroatoms. The highest BCUT2D eigenvalue weighted by atomic mass is 35.5. The second-order valence-corrected chi connectivity index (χ2v) is 6.01. The van der Waals surface area contributed by atoms with Crippen LogP contribution < -0.4 is 26.3 Å². The topological polar surface area (TPSA) is 27.5 Å². The molecule has 0 aliphatic carbocycles. The smallest absolute Gasteiger partial charge is 0.291 e. The van der Waals surface area contributed by atoms with Gasteiger partial charge in [0.2, 0.25) is 0 Å². The first-order valence-electron chi connectivity index (χ1n) is 8.37. The van der Waals surface area contributed by atoms with E-state index >= 15 is 0 Å². The maximum absolute atomic E-state index is 5.76. The Morgan fingerprint density at radius 2 is 1.58 bits per heavy atom. The molecule has 0 fully saturated rings. The van der Waals surface area contributed by atoms with Gasteiger partial charge in [0.15, 0.2) is 17.2 Å². The average Bonchev–Trinajstić information content (AvgIpc) is 3.08. The van der Waals surface area contributed by atoms with Crippen LogP contribution in [0.25, 0.3) is 22.6 Å². The Morgan fingerprint density at radius 3 is 2.42 bits per heavy atom. The molecular formula is C21H17ClN2O2. The first kappa shape index (κ1) is 16.5. The van der Waals surface area contributed by atoms with Gasteiger partial charge in [0, 0.05) is 11.6 Å². The zero-order valence-electron chi connectivity index (χ0n) is 14.0. The predicted octanol–water partition coefficient (Wildman–Crippen LogP) is 0.658. The molecule has 0 amide bonds. The highest BCUT2D eigenvalue weighted by Crippen LogP contribution is 2.35. The minimum absolute atomic E-state index is 0. The number of hydrogen-bond acceptors (Lipinski definition) is 2. The van der Waals surface area contributed by atoms with E-state index in [2.05, 4.69) is 69.9 Å². The van der Waals surface area contributed by atoms with Crippen LogP contribution in [0.2, 0.25) is 0 Å². The van der Waals surface area contributed by atoms with Gasteiger partial charge in [-0.3, -0.25) is 0 Å². The summed E-state index contributed by atoms with van der Waals surface area (Å²) >= 11 is 0. The van der Waals surface area contributed by atoms with Gasteiger partial charge in [-0.25, -0.2) is 4.40 Å². The summed E-state index contributed by atoms with van der Waals surface area (Å²) in [5, 5.41) is 0. The highest BCUT2D eigenvalue weighted by molar-refractivity contribution is 5.68. The van der Waals surface area contributed by atoms with Crippen molar-refractivity contribution in [2.75, 3.05) is 13.2 Å². The molecular weight excluding hydrogens is 348 g/mol. The molecule has 0 saturated heterocycles. The molecule has 0 saturated carbocycles. The molecule has 0 radical (unpaired) electrons. The molecule has 3 heterocycles. The lowest BCUT2D eigenvalue weighted by Crippen LogP contribution is -3.00. The van der Waals surface area contributed by atoms with E-state index in [0.717, 1.165) is 34.1 Å². The molecule has 2 aromatic carbocycles. The van der Waals surface area contributed by atoms with Crippen molar-refractivity contribution in [3.05, 3.63) is 79.1 Å². The van der Waals surface area contributed by atoms with Gasteiger partial charge in [-0.05, 0) is 36.4 Å². The van der Waals surface area contributed by atoms with Crippen LogP contribution in [-0.4, -0.2) is 17.8 Å². The van der Waals surface area contributed by atoms with Crippen molar-refractivity contribution in [2.45, 2.75) is 0 Å². The van der Waals surface area contributed by atoms with Crippen molar-refractivity contribution < 1.29 is 26.3 Å². The number of imidazole rings is 1. The van der Waals surface area contributed by atoms with Crippen LogP contribution in [0.3, 0.4) is 0 Å². The Morgan fingerprint density at radius 1 is 0.808 bits per heavy atom. The van der Waals surface area contributed by atoms with E-state index in [1.165, 1.54) is 0 Å². The van der Waals surface area contributed by atoms with Crippen LogP contribution in [-0.2, 0) is 0 Å². The lowest BCUT2D eigenvalue weighted by Gasteiger charge is -2.18. The van der Waals surface area contributed by atoms with Crippen LogP contribution in [0.4, 0.5) is 0 Å². The van der Waals surface area contributed by atoms with Crippen molar-refractivity contribution in [3.63, 3.8) is 0 Å². The average molecular weight is 365 g/mol.